The van der Waals surface area contributed by atoms with E-state index in [0.717, 1.165) is 31.3 Å². The Balaban J connectivity index is 1.93. The zero-order valence-electron chi connectivity index (χ0n) is 15.8. The molecule has 2 aromatic rings. The number of aromatic nitrogens is 2. The van der Waals surface area contributed by atoms with Gasteiger partial charge in [-0.05, 0) is 31.3 Å². The van der Waals surface area contributed by atoms with Crippen molar-refractivity contribution in [2.24, 2.45) is 24.3 Å². The summed E-state index contributed by atoms with van der Waals surface area (Å²) < 4.78 is 3.88. The van der Waals surface area contributed by atoms with Crippen molar-refractivity contribution in [3.63, 3.8) is 0 Å². The number of imidazole rings is 1. The lowest BCUT2D eigenvalue weighted by atomic mass is 10.2. The lowest BCUT2D eigenvalue weighted by molar-refractivity contribution is -0.657. The Kier molecular flexibility index (Phi) is 7.01. The van der Waals surface area contributed by atoms with Gasteiger partial charge in [0, 0.05) is 42.7 Å². The number of hydrogen-bond donors (Lipinski definition) is 1. The van der Waals surface area contributed by atoms with Gasteiger partial charge in [-0.15, -0.1) is 0 Å². The summed E-state index contributed by atoms with van der Waals surface area (Å²) in [7, 11) is 8.15. The molecule has 7 heteroatoms. The van der Waals surface area contributed by atoms with E-state index in [1.807, 2.05) is 47.8 Å². The van der Waals surface area contributed by atoms with Crippen molar-refractivity contribution in [1.82, 2.24) is 9.47 Å². The van der Waals surface area contributed by atoms with Crippen LogP contribution in [0.3, 0.4) is 0 Å². The molecule has 1 unspecified atom stereocenters. The topological polar surface area (TPSA) is 40.0 Å². The minimum absolute atomic E-state index is 0.394. The minimum atomic E-state index is 0.394. The van der Waals surface area contributed by atoms with E-state index in [1.54, 1.807) is 0 Å². The summed E-state index contributed by atoms with van der Waals surface area (Å²) in [5, 5.41) is 9.04. The van der Waals surface area contributed by atoms with Crippen LogP contribution in [0.5, 0.6) is 0 Å². The number of aryl methyl sites for hydroxylation is 2. The second-order valence-electron chi connectivity index (χ2n) is 6.57. The molecule has 0 bridgehead atoms. The predicted octanol–water partition coefficient (Wildman–Crippen LogP) is 2.95. The molecule has 0 radical (unpaired) electrons. The van der Waals surface area contributed by atoms with Crippen LogP contribution >= 0.6 is 12.6 Å². The molecule has 1 heterocycles. The van der Waals surface area contributed by atoms with E-state index in [1.165, 1.54) is 5.69 Å². The fourth-order valence-electron chi connectivity index (χ4n) is 2.59. The lowest BCUT2D eigenvalue weighted by Crippen LogP contribution is -2.33. The van der Waals surface area contributed by atoms with E-state index in [4.69, 9.17) is 0 Å². The number of hydrogen-bond acceptors (Lipinski definition) is 5. The quantitative estimate of drug-likeness (QED) is 0.446. The van der Waals surface area contributed by atoms with E-state index < -0.39 is 0 Å². The monoisotopic (exact) mass is 361 g/mol. The van der Waals surface area contributed by atoms with Crippen LogP contribution < -0.4 is 9.47 Å². The molecule has 1 atom stereocenters. The summed E-state index contributed by atoms with van der Waals surface area (Å²) in [5.41, 5.74) is 2.02. The zero-order valence-corrected chi connectivity index (χ0v) is 16.7. The van der Waals surface area contributed by atoms with E-state index >= 15 is 0 Å². The summed E-state index contributed by atoms with van der Waals surface area (Å²) >= 11 is 4.44. The van der Waals surface area contributed by atoms with E-state index in [9.17, 15) is 0 Å². The van der Waals surface area contributed by atoms with Crippen molar-refractivity contribution >= 4 is 30.0 Å². The maximum absolute atomic E-state index is 4.44. The standard InChI is InChI=1S/C18H28N6S/c1-15(25)14-21(2)10-11-22(3)17-8-6-16(7-9-17)19-20-18-23(4)12-13-24(18)5/h6-9,12-13,15H,10-11,14H2,1-5H3/p+1. The molecule has 0 aliphatic carbocycles. The fraction of sp³-hybridized carbons (Fsp3) is 0.500. The number of nitrogens with zero attached hydrogens (tertiary/aromatic N) is 6. The Bertz CT molecular complexity index is 673. The van der Waals surface area contributed by atoms with Gasteiger partial charge < -0.3 is 9.80 Å². The Morgan fingerprint density at radius 2 is 1.84 bits per heavy atom. The predicted molar refractivity (Wildman–Crippen MR) is 106 cm³/mol. The van der Waals surface area contributed by atoms with Crippen LogP contribution in [-0.4, -0.2) is 48.4 Å². The number of benzene rings is 1. The Morgan fingerprint density at radius 1 is 1.16 bits per heavy atom. The molecule has 0 amide bonds. The largest absolute Gasteiger partial charge is 0.421 e. The number of rotatable bonds is 8. The summed E-state index contributed by atoms with van der Waals surface area (Å²) in [6.07, 6.45) is 3.91. The van der Waals surface area contributed by atoms with Crippen LogP contribution in [-0.2, 0) is 14.1 Å². The van der Waals surface area contributed by atoms with Gasteiger partial charge in [-0.25, -0.2) is 9.13 Å². The molecule has 25 heavy (non-hydrogen) atoms. The maximum atomic E-state index is 4.44. The zero-order chi connectivity index (χ0) is 18.4. The second kappa shape index (κ2) is 9.01. The van der Waals surface area contributed by atoms with E-state index in [-0.39, 0.29) is 0 Å². The summed E-state index contributed by atoms with van der Waals surface area (Å²) in [5.74, 6) is 0.808. The summed E-state index contributed by atoms with van der Waals surface area (Å²) in [6.45, 7) is 5.09. The first-order valence-corrected chi connectivity index (χ1v) is 8.99. The number of azo groups is 1. The smallest absolute Gasteiger partial charge is 0.373 e. The number of anilines is 1. The van der Waals surface area contributed by atoms with Crippen molar-refractivity contribution in [3.05, 3.63) is 36.7 Å². The third-order valence-corrected chi connectivity index (χ3v) is 4.25. The van der Waals surface area contributed by atoms with Gasteiger partial charge in [0.25, 0.3) is 0 Å². The van der Waals surface area contributed by atoms with Crippen LogP contribution in [0.15, 0.2) is 46.9 Å². The van der Waals surface area contributed by atoms with E-state index in [2.05, 4.69) is 65.8 Å². The Labute approximate surface area is 156 Å². The summed E-state index contributed by atoms with van der Waals surface area (Å²) in [4.78, 5) is 4.55. The molecule has 0 spiro atoms. The molecule has 6 nitrogen and oxygen atoms in total. The average molecular weight is 362 g/mol. The molecule has 2 rings (SSSR count). The van der Waals surface area contributed by atoms with Gasteiger partial charge >= 0.3 is 5.95 Å². The molecule has 136 valence electrons. The molecule has 1 aromatic heterocycles. The van der Waals surface area contributed by atoms with Crippen molar-refractivity contribution in [1.29, 1.82) is 0 Å². The first kappa shape index (κ1) is 19.5. The second-order valence-corrected chi connectivity index (χ2v) is 7.45. The van der Waals surface area contributed by atoms with Gasteiger partial charge in [-0.1, -0.05) is 12.0 Å². The van der Waals surface area contributed by atoms with Crippen molar-refractivity contribution in [3.8, 4) is 0 Å². The normalized spacial score (nSPS) is 12.9. The highest BCUT2D eigenvalue weighted by atomic mass is 32.1. The molecule has 0 N–H and O–H groups in total. The van der Waals surface area contributed by atoms with E-state index in [0.29, 0.717) is 5.25 Å². The molecule has 0 aliphatic heterocycles. The molecular weight excluding hydrogens is 332 g/mol. The first-order chi connectivity index (χ1) is 11.9. The third kappa shape index (κ3) is 5.86. The molecule has 0 aliphatic rings. The van der Waals surface area contributed by atoms with Crippen molar-refractivity contribution < 1.29 is 4.57 Å². The molecule has 1 aromatic carbocycles. The average Bonchev–Trinajstić information content (AvgIpc) is 2.89. The van der Waals surface area contributed by atoms with Crippen LogP contribution in [0.1, 0.15) is 6.92 Å². The van der Waals surface area contributed by atoms with Crippen LogP contribution in [0.25, 0.3) is 0 Å². The maximum Gasteiger partial charge on any atom is 0.421 e. The summed E-state index contributed by atoms with van der Waals surface area (Å²) in [6, 6.07) is 8.16. The highest BCUT2D eigenvalue weighted by Crippen LogP contribution is 2.20. The molecule has 0 saturated carbocycles. The van der Waals surface area contributed by atoms with Crippen molar-refractivity contribution in [2.45, 2.75) is 12.2 Å². The Hall–Kier alpha value is -1.86. The van der Waals surface area contributed by atoms with Crippen LogP contribution in [0.4, 0.5) is 17.3 Å². The molecular formula is C18H29N6S+. The van der Waals surface area contributed by atoms with Gasteiger partial charge in [0.15, 0.2) is 0 Å². The highest BCUT2D eigenvalue weighted by Gasteiger charge is 2.10. The minimum Gasteiger partial charge on any atom is -0.373 e. The van der Waals surface area contributed by atoms with Gasteiger partial charge in [0.2, 0.25) is 0 Å². The fourth-order valence-corrected chi connectivity index (χ4v) is 2.87. The number of thiol groups is 1. The van der Waals surface area contributed by atoms with Gasteiger partial charge in [0.1, 0.15) is 5.69 Å². The lowest BCUT2D eigenvalue weighted by Gasteiger charge is -2.24. The van der Waals surface area contributed by atoms with Gasteiger partial charge in [-0.2, -0.15) is 12.6 Å². The Morgan fingerprint density at radius 3 is 2.40 bits per heavy atom. The third-order valence-electron chi connectivity index (χ3n) is 4.08. The van der Waals surface area contributed by atoms with Gasteiger partial charge in [0.05, 0.1) is 26.5 Å². The van der Waals surface area contributed by atoms with Gasteiger partial charge in [-0.3, -0.25) is 0 Å². The van der Waals surface area contributed by atoms with Crippen LogP contribution in [0.2, 0.25) is 0 Å². The molecule has 0 fully saturated rings. The first-order valence-electron chi connectivity index (χ1n) is 8.47. The highest BCUT2D eigenvalue weighted by molar-refractivity contribution is 7.80. The van der Waals surface area contributed by atoms with Crippen LogP contribution in [0, 0.1) is 0 Å². The number of likely N-dealkylation sites (N-methyl/N-ethyl adjacent to an activating group) is 2. The van der Waals surface area contributed by atoms with Crippen molar-refractivity contribution in [2.75, 3.05) is 38.6 Å². The SMILES string of the molecule is CC(S)CN(C)CCN(C)c1ccc(N=Nc2n(C)cc[n+]2C)cc1. The molecule has 0 saturated heterocycles.